The van der Waals surface area contributed by atoms with Gasteiger partial charge in [-0.15, -0.1) is 0 Å². The largest absolute Gasteiger partial charge is 0.310 e. The van der Waals surface area contributed by atoms with E-state index < -0.39 is 0 Å². The molecule has 120 valence electrons. The van der Waals surface area contributed by atoms with Crippen LogP contribution in [0.15, 0.2) is 0 Å². The molecule has 20 heavy (non-hydrogen) atoms. The van der Waals surface area contributed by atoms with Crippen molar-refractivity contribution in [2.75, 3.05) is 19.6 Å². The Balaban J connectivity index is 2.83. The van der Waals surface area contributed by atoms with Gasteiger partial charge in [0.15, 0.2) is 0 Å². The summed E-state index contributed by atoms with van der Waals surface area (Å²) in [5.74, 6) is 0. The summed E-state index contributed by atoms with van der Waals surface area (Å²) in [7, 11) is 0. The number of hydrogen-bond acceptors (Lipinski definition) is 2. The molecule has 1 aliphatic rings. The molecule has 0 spiro atoms. The zero-order valence-electron chi connectivity index (χ0n) is 15.3. The summed E-state index contributed by atoms with van der Waals surface area (Å²) >= 11 is 0. The number of rotatable bonds is 4. The van der Waals surface area contributed by atoms with E-state index in [1.807, 2.05) is 0 Å². The van der Waals surface area contributed by atoms with Gasteiger partial charge in [0.1, 0.15) is 0 Å². The Bertz CT molecular complexity index is 292. The summed E-state index contributed by atoms with van der Waals surface area (Å²) in [6.07, 6.45) is 3.78. The second-order valence-electron chi connectivity index (χ2n) is 8.99. The molecule has 0 aromatic rings. The van der Waals surface area contributed by atoms with Crippen molar-refractivity contribution in [1.29, 1.82) is 0 Å². The highest BCUT2D eigenvalue weighted by Crippen LogP contribution is 2.33. The van der Waals surface area contributed by atoms with Gasteiger partial charge in [-0.25, -0.2) is 0 Å². The lowest BCUT2D eigenvalue weighted by Gasteiger charge is -2.53. The van der Waals surface area contributed by atoms with Crippen LogP contribution in [0.5, 0.6) is 0 Å². The number of piperazine rings is 1. The van der Waals surface area contributed by atoms with Gasteiger partial charge in [0.2, 0.25) is 0 Å². The minimum atomic E-state index is 0.341. The molecule has 1 aliphatic heterocycles. The van der Waals surface area contributed by atoms with Crippen LogP contribution in [0.25, 0.3) is 0 Å². The van der Waals surface area contributed by atoms with Crippen LogP contribution in [0.1, 0.15) is 74.7 Å². The molecule has 1 atom stereocenters. The third-order valence-electron chi connectivity index (χ3n) is 5.24. The zero-order chi connectivity index (χ0) is 15.6. The highest BCUT2D eigenvalue weighted by Gasteiger charge is 2.41. The molecule has 0 bridgehead atoms. The third-order valence-corrected chi connectivity index (χ3v) is 5.24. The normalized spacial score (nSPS) is 24.9. The van der Waals surface area contributed by atoms with Crippen molar-refractivity contribution in [3.05, 3.63) is 0 Å². The maximum atomic E-state index is 3.84. The molecule has 0 aliphatic carbocycles. The molecular formula is C18H38N2. The maximum Gasteiger partial charge on any atom is 0.0329 e. The molecule has 1 saturated heterocycles. The van der Waals surface area contributed by atoms with Crippen LogP contribution >= 0.6 is 0 Å². The average molecular weight is 283 g/mol. The van der Waals surface area contributed by atoms with Crippen LogP contribution in [0, 0.1) is 10.8 Å². The molecule has 0 radical (unpaired) electrons. The van der Waals surface area contributed by atoms with Crippen LogP contribution in [-0.2, 0) is 0 Å². The van der Waals surface area contributed by atoms with E-state index >= 15 is 0 Å². The first-order valence-corrected chi connectivity index (χ1v) is 8.52. The lowest BCUT2D eigenvalue weighted by Crippen LogP contribution is -2.66. The monoisotopic (exact) mass is 282 g/mol. The zero-order valence-corrected chi connectivity index (χ0v) is 15.3. The second-order valence-corrected chi connectivity index (χ2v) is 8.99. The molecule has 0 aromatic heterocycles. The van der Waals surface area contributed by atoms with Crippen LogP contribution < -0.4 is 5.32 Å². The van der Waals surface area contributed by atoms with Gasteiger partial charge < -0.3 is 5.32 Å². The van der Waals surface area contributed by atoms with Gasteiger partial charge in [-0.2, -0.15) is 0 Å². The SMILES string of the molecule is CCC1(CC)CNC(C(C)(C)C)CN1CCC(C)(C)C. The van der Waals surface area contributed by atoms with E-state index in [0.29, 0.717) is 22.4 Å². The van der Waals surface area contributed by atoms with Crippen molar-refractivity contribution < 1.29 is 0 Å². The molecule has 1 fully saturated rings. The molecule has 1 heterocycles. The van der Waals surface area contributed by atoms with E-state index in [2.05, 4.69) is 65.6 Å². The van der Waals surface area contributed by atoms with Crippen LogP contribution in [-0.4, -0.2) is 36.1 Å². The standard InChI is InChI=1S/C18H38N2/c1-9-18(10-2)14-19-15(17(6,7)8)13-20(18)12-11-16(3,4)5/h15,19H,9-14H2,1-8H3. The minimum absolute atomic E-state index is 0.341. The molecule has 0 aromatic carbocycles. The lowest BCUT2D eigenvalue weighted by molar-refractivity contribution is 0.00145. The van der Waals surface area contributed by atoms with E-state index in [9.17, 15) is 0 Å². The Hall–Kier alpha value is -0.0800. The van der Waals surface area contributed by atoms with Crippen molar-refractivity contribution in [2.45, 2.75) is 86.2 Å². The van der Waals surface area contributed by atoms with E-state index in [4.69, 9.17) is 0 Å². The van der Waals surface area contributed by atoms with Crippen LogP contribution in [0.2, 0.25) is 0 Å². The van der Waals surface area contributed by atoms with Crippen LogP contribution in [0.3, 0.4) is 0 Å². The van der Waals surface area contributed by atoms with E-state index in [1.165, 1.54) is 32.4 Å². The van der Waals surface area contributed by atoms with E-state index in [-0.39, 0.29) is 0 Å². The molecular weight excluding hydrogens is 244 g/mol. The Labute approximate surface area is 127 Å². The van der Waals surface area contributed by atoms with Crippen molar-refractivity contribution >= 4 is 0 Å². The highest BCUT2D eigenvalue weighted by atomic mass is 15.3. The smallest absolute Gasteiger partial charge is 0.0329 e. The van der Waals surface area contributed by atoms with Gasteiger partial charge in [0.05, 0.1) is 0 Å². The Morgan fingerprint density at radius 3 is 2.00 bits per heavy atom. The Morgan fingerprint density at radius 2 is 1.60 bits per heavy atom. The molecule has 0 amide bonds. The van der Waals surface area contributed by atoms with Gasteiger partial charge in [0.25, 0.3) is 0 Å². The molecule has 0 saturated carbocycles. The molecule has 1 N–H and O–H groups in total. The lowest BCUT2D eigenvalue weighted by atomic mass is 9.79. The van der Waals surface area contributed by atoms with Crippen molar-refractivity contribution in [3.63, 3.8) is 0 Å². The van der Waals surface area contributed by atoms with E-state index in [0.717, 1.165) is 6.54 Å². The average Bonchev–Trinajstić information content (AvgIpc) is 2.34. The minimum Gasteiger partial charge on any atom is -0.310 e. The van der Waals surface area contributed by atoms with Crippen molar-refractivity contribution in [2.24, 2.45) is 10.8 Å². The predicted molar refractivity (Wildman–Crippen MR) is 90.2 cm³/mol. The van der Waals surface area contributed by atoms with E-state index in [1.54, 1.807) is 0 Å². The third kappa shape index (κ3) is 4.46. The number of nitrogens with zero attached hydrogens (tertiary/aromatic N) is 1. The molecule has 2 heteroatoms. The Morgan fingerprint density at radius 1 is 1.05 bits per heavy atom. The summed E-state index contributed by atoms with van der Waals surface area (Å²) in [6.45, 7) is 22.4. The fraction of sp³-hybridized carbons (Fsp3) is 1.00. The van der Waals surface area contributed by atoms with Gasteiger partial charge in [-0.1, -0.05) is 55.4 Å². The van der Waals surface area contributed by atoms with Crippen molar-refractivity contribution in [3.8, 4) is 0 Å². The Kier molecular flexibility index (Phi) is 5.71. The summed E-state index contributed by atoms with van der Waals surface area (Å²) in [5, 5.41) is 3.84. The first-order chi connectivity index (χ1) is 9.04. The predicted octanol–water partition coefficient (Wildman–Crippen LogP) is 4.30. The topological polar surface area (TPSA) is 15.3 Å². The number of nitrogens with one attached hydrogen (secondary N) is 1. The first-order valence-electron chi connectivity index (χ1n) is 8.52. The molecule has 1 unspecified atom stereocenters. The fourth-order valence-electron chi connectivity index (χ4n) is 3.23. The number of hydrogen-bond donors (Lipinski definition) is 1. The second kappa shape index (κ2) is 6.36. The van der Waals surface area contributed by atoms with Gasteiger partial charge in [-0.3, -0.25) is 4.90 Å². The quantitative estimate of drug-likeness (QED) is 0.827. The highest BCUT2D eigenvalue weighted by molar-refractivity contribution is 5.00. The summed E-state index contributed by atoms with van der Waals surface area (Å²) in [5.41, 5.74) is 1.13. The first kappa shape index (κ1) is 18.0. The maximum absolute atomic E-state index is 3.84. The van der Waals surface area contributed by atoms with Gasteiger partial charge >= 0.3 is 0 Å². The molecule has 2 nitrogen and oxygen atoms in total. The summed E-state index contributed by atoms with van der Waals surface area (Å²) in [6, 6.07) is 0.605. The fourth-order valence-corrected chi connectivity index (χ4v) is 3.23. The van der Waals surface area contributed by atoms with Gasteiger partial charge in [-0.05, 0) is 36.6 Å². The van der Waals surface area contributed by atoms with Crippen molar-refractivity contribution in [1.82, 2.24) is 10.2 Å². The summed E-state index contributed by atoms with van der Waals surface area (Å²) in [4.78, 5) is 2.80. The van der Waals surface area contributed by atoms with Crippen LogP contribution in [0.4, 0.5) is 0 Å². The van der Waals surface area contributed by atoms with Gasteiger partial charge in [0, 0.05) is 24.7 Å². The molecule has 1 rings (SSSR count). The summed E-state index contributed by atoms with van der Waals surface area (Å²) < 4.78 is 0.